The van der Waals surface area contributed by atoms with Gasteiger partial charge in [-0.25, -0.2) is 0 Å². The molecule has 0 bridgehead atoms. The average Bonchev–Trinajstić information content (AvgIpc) is 2.28. The molecule has 0 amide bonds. The van der Waals surface area contributed by atoms with Crippen molar-refractivity contribution in [1.82, 2.24) is 0 Å². The number of hydrogen-bond acceptors (Lipinski definition) is 3. The van der Waals surface area contributed by atoms with Crippen LogP contribution in [-0.2, 0) is 22.4 Å². The summed E-state index contributed by atoms with van der Waals surface area (Å²) < 4.78 is 4.55. The molecule has 0 aromatic heterocycles. The van der Waals surface area contributed by atoms with E-state index in [-0.39, 0.29) is 12.4 Å². The molecule has 1 N–H and O–H groups in total. The second-order valence-corrected chi connectivity index (χ2v) is 3.03. The smallest absolute Gasteiger partial charge is 0.309 e. The standard InChI is InChI=1S/C12H12O3/c1-15-12(14)9-11-6-4-10(5-7-11)3-2-8-13/h4-7,13H,3,9H2,1H3. The number of rotatable bonds is 3. The second-order valence-electron chi connectivity index (χ2n) is 3.03. The van der Waals surface area contributed by atoms with Crippen molar-refractivity contribution in [2.75, 3.05) is 7.11 Å². The Morgan fingerprint density at radius 3 is 2.47 bits per heavy atom. The van der Waals surface area contributed by atoms with E-state index in [9.17, 15) is 4.79 Å². The number of ether oxygens (including phenoxy) is 1. The highest BCUT2D eigenvalue weighted by Crippen LogP contribution is 2.06. The van der Waals surface area contributed by atoms with Gasteiger partial charge in [-0.05, 0) is 11.1 Å². The van der Waals surface area contributed by atoms with Crippen LogP contribution in [0.4, 0.5) is 0 Å². The van der Waals surface area contributed by atoms with Crippen molar-refractivity contribution in [3.05, 3.63) is 35.4 Å². The van der Waals surface area contributed by atoms with Gasteiger partial charge in [0.1, 0.15) is 6.11 Å². The van der Waals surface area contributed by atoms with Gasteiger partial charge in [0.25, 0.3) is 0 Å². The van der Waals surface area contributed by atoms with Crippen LogP contribution in [-0.4, -0.2) is 18.2 Å². The van der Waals surface area contributed by atoms with Gasteiger partial charge in [-0.3, -0.25) is 4.79 Å². The highest BCUT2D eigenvalue weighted by atomic mass is 16.5. The minimum absolute atomic E-state index is 0.252. The van der Waals surface area contributed by atoms with Crippen LogP contribution in [0.3, 0.4) is 0 Å². The molecular weight excluding hydrogens is 192 g/mol. The summed E-state index contributed by atoms with van der Waals surface area (Å²) in [7, 11) is 1.37. The summed E-state index contributed by atoms with van der Waals surface area (Å²) in [5, 5.41) is 8.31. The highest BCUT2D eigenvalue weighted by molar-refractivity contribution is 5.72. The van der Waals surface area contributed by atoms with Crippen molar-refractivity contribution in [3.63, 3.8) is 0 Å². The highest BCUT2D eigenvalue weighted by Gasteiger charge is 2.01. The lowest BCUT2D eigenvalue weighted by Crippen LogP contribution is -2.04. The molecule has 0 aliphatic heterocycles. The molecule has 78 valence electrons. The summed E-state index contributed by atoms with van der Waals surface area (Å²) in [6.45, 7) is 0. The largest absolute Gasteiger partial charge is 0.469 e. The number of aliphatic hydroxyl groups excluding tert-OH is 1. The molecule has 0 fully saturated rings. The maximum Gasteiger partial charge on any atom is 0.309 e. The summed E-state index contributed by atoms with van der Waals surface area (Å²) in [6, 6.07) is 7.46. The number of carbonyl (C=O) groups excluding carboxylic acids is 1. The summed E-state index contributed by atoms with van der Waals surface area (Å²) >= 11 is 0. The Balaban J connectivity index is 2.62. The van der Waals surface area contributed by atoms with Crippen LogP contribution in [0.5, 0.6) is 0 Å². The number of methoxy groups -OCH3 is 1. The monoisotopic (exact) mass is 204 g/mol. The van der Waals surface area contributed by atoms with Crippen molar-refractivity contribution in [2.24, 2.45) is 0 Å². The first-order valence-corrected chi connectivity index (χ1v) is 4.53. The Labute approximate surface area is 88.7 Å². The minimum atomic E-state index is -0.252. The Morgan fingerprint density at radius 2 is 1.93 bits per heavy atom. The fraction of sp³-hybridized carbons (Fsp3) is 0.250. The molecule has 1 aromatic rings. The number of carbonyl (C=O) groups is 1. The van der Waals surface area contributed by atoms with Crippen LogP contribution in [0.15, 0.2) is 24.3 Å². The summed E-state index contributed by atoms with van der Waals surface area (Å²) in [5.41, 5.74) is 1.91. The topological polar surface area (TPSA) is 46.5 Å². The molecule has 0 unspecified atom stereocenters. The molecule has 0 atom stereocenters. The van der Waals surface area contributed by atoms with Crippen molar-refractivity contribution in [1.29, 1.82) is 0 Å². The molecule has 0 heterocycles. The first-order valence-electron chi connectivity index (χ1n) is 4.53. The third kappa shape index (κ3) is 3.74. The van der Waals surface area contributed by atoms with Gasteiger partial charge in [-0.1, -0.05) is 30.2 Å². The van der Waals surface area contributed by atoms with Crippen LogP contribution in [0, 0.1) is 12.0 Å². The van der Waals surface area contributed by atoms with Crippen LogP contribution in [0.1, 0.15) is 11.1 Å². The fourth-order valence-corrected chi connectivity index (χ4v) is 1.16. The number of hydrogen-bond donors (Lipinski definition) is 1. The minimum Gasteiger partial charge on any atom is -0.469 e. The SMILES string of the molecule is COC(=O)Cc1ccc(CC#CO)cc1. The summed E-state index contributed by atoms with van der Waals surface area (Å²) in [4.78, 5) is 11.0. The lowest BCUT2D eigenvalue weighted by Gasteiger charge is -2.00. The predicted octanol–water partition coefficient (Wildman–Crippen LogP) is 1.28. The third-order valence-corrected chi connectivity index (χ3v) is 1.97. The molecule has 1 rings (SSSR count). The quantitative estimate of drug-likeness (QED) is 0.596. The molecule has 0 radical (unpaired) electrons. The van der Waals surface area contributed by atoms with Crippen LogP contribution in [0.25, 0.3) is 0 Å². The van der Waals surface area contributed by atoms with E-state index in [1.54, 1.807) is 0 Å². The van der Waals surface area contributed by atoms with E-state index >= 15 is 0 Å². The van der Waals surface area contributed by atoms with Crippen LogP contribution >= 0.6 is 0 Å². The molecule has 3 nitrogen and oxygen atoms in total. The Hall–Kier alpha value is -1.95. The summed E-state index contributed by atoms with van der Waals surface area (Å²) in [6.07, 6.45) is 2.64. The first-order chi connectivity index (χ1) is 7.26. The zero-order chi connectivity index (χ0) is 11.1. The lowest BCUT2D eigenvalue weighted by atomic mass is 10.1. The number of aliphatic hydroxyl groups is 1. The van der Waals surface area contributed by atoms with Crippen molar-refractivity contribution in [2.45, 2.75) is 12.8 Å². The van der Waals surface area contributed by atoms with Gasteiger partial charge in [0.15, 0.2) is 0 Å². The van der Waals surface area contributed by atoms with Gasteiger partial charge in [0.05, 0.1) is 13.5 Å². The zero-order valence-corrected chi connectivity index (χ0v) is 8.49. The van der Waals surface area contributed by atoms with E-state index in [4.69, 9.17) is 5.11 Å². The van der Waals surface area contributed by atoms with E-state index in [1.165, 1.54) is 7.11 Å². The Bertz CT molecular complexity index is 382. The van der Waals surface area contributed by atoms with E-state index in [2.05, 4.69) is 10.7 Å². The van der Waals surface area contributed by atoms with E-state index in [1.807, 2.05) is 30.4 Å². The lowest BCUT2D eigenvalue weighted by molar-refractivity contribution is -0.139. The molecule has 15 heavy (non-hydrogen) atoms. The predicted molar refractivity (Wildman–Crippen MR) is 55.6 cm³/mol. The van der Waals surface area contributed by atoms with Crippen molar-refractivity contribution in [3.8, 4) is 12.0 Å². The number of benzene rings is 1. The van der Waals surface area contributed by atoms with Gasteiger partial charge in [-0.15, -0.1) is 0 Å². The molecule has 0 aliphatic rings. The molecule has 1 aromatic carbocycles. The number of esters is 1. The average molecular weight is 204 g/mol. The van der Waals surface area contributed by atoms with Crippen molar-refractivity contribution < 1.29 is 14.6 Å². The maximum atomic E-state index is 11.0. The molecule has 3 heteroatoms. The van der Waals surface area contributed by atoms with Crippen LogP contribution < -0.4 is 0 Å². The van der Waals surface area contributed by atoms with Gasteiger partial charge in [0, 0.05) is 6.42 Å². The second kappa shape index (κ2) is 5.71. The molecule has 0 spiro atoms. The van der Waals surface area contributed by atoms with Gasteiger partial charge in [0.2, 0.25) is 0 Å². The third-order valence-electron chi connectivity index (χ3n) is 1.97. The van der Waals surface area contributed by atoms with E-state index < -0.39 is 0 Å². The normalized spacial score (nSPS) is 8.87. The Morgan fingerprint density at radius 1 is 1.33 bits per heavy atom. The maximum absolute atomic E-state index is 11.0. The van der Waals surface area contributed by atoms with E-state index in [0.717, 1.165) is 11.1 Å². The molecule has 0 saturated heterocycles. The van der Waals surface area contributed by atoms with Crippen LogP contribution in [0.2, 0.25) is 0 Å². The van der Waals surface area contributed by atoms with Gasteiger partial charge < -0.3 is 9.84 Å². The fourth-order valence-electron chi connectivity index (χ4n) is 1.16. The van der Waals surface area contributed by atoms with E-state index in [0.29, 0.717) is 6.42 Å². The first kappa shape index (κ1) is 11.1. The molecular formula is C12H12O3. The summed E-state index contributed by atoms with van der Waals surface area (Å²) in [5.74, 6) is 2.30. The zero-order valence-electron chi connectivity index (χ0n) is 8.49. The molecule has 0 saturated carbocycles. The van der Waals surface area contributed by atoms with Crippen molar-refractivity contribution >= 4 is 5.97 Å². The van der Waals surface area contributed by atoms with Gasteiger partial charge in [-0.2, -0.15) is 0 Å². The Kier molecular flexibility index (Phi) is 4.24. The molecule has 0 aliphatic carbocycles. The van der Waals surface area contributed by atoms with Gasteiger partial charge >= 0.3 is 5.97 Å².